The highest BCUT2D eigenvalue weighted by atomic mass is 32.1. The highest BCUT2D eigenvalue weighted by Crippen LogP contribution is 2.29. The third kappa shape index (κ3) is 4.23. The van der Waals surface area contributed by atoms with Gasteiger partial charge in [0.2, 0.25) is 5.91 Å². The van der Waals surface area contributed by atoms with Gasteiger partial charge in [0.15, 0.2) is 10.3 Å². The Morgan fingerprint density at radius 3 is 2.80 bits per heavy atom. The van der Waals surface area contributed by atoms with Crippen LogP contribution in [0.4, 0.5) is 10.3 Å². The second-order valence-electron chi connectivity index (χ2n) is 5.92. The number of hydrogen-bond acceptors (Lipinski definition) is 7. The monoisotopic (exact) mass is 380 g/mol. The van der Waals surface area contributed by atoms with E-state index in [4.69, 9.17) is 4.74 Å². The van der Waals surface area contributed by atoms with Gasteiger partial charge in [0.1, 0.15) is 4.88 Å². The first-order valence-corrected chi connectivity index (χ1v) is 9.74. The lowest BCUT2D eigenvalue weighted by molar-refractivity contribution is -0.116. The average Bonchev–Trinajstić information content (AvgIpc) is 3.26. The predicted molar refractivity (Wildman–Crippen MR) is 98.7 cm³/mol. The molecule has 0 spiro atoms. The molecule has 2 amide bonds. The number of anilines is 2. The minimum atomic E-state index is -0.254. The summed E-state index contributed by atoms with van der Waals surface area (Å²) in [6.07, 6.45) is 1.97. The van der Waals surface area contributed by atoms with Crippen LogP contribution >= 0.6 is 22.7 Å². The number of nitrogens with zero attached hydrogens (tertiary/aromatic N) is 3. The molecule has 0 unspecified atom stereocenters. The zero-order valence-corrected chi connectivity index (χ0v) is 16.0. The first kappa shape index (κ1) is 18.0. The van der Waals surface area contributed by atoms with Crippen LogP contribution in [0.3, 0.4) is 0 Å². The normalized spacial score (nSPS) is 16.8. The van der Waals surface area contributed by atoms with Gasteiger partial charge in [-0.1, -0.05) is 11.3 Å². The van der Waals surface area contributed by atoms with Gasteiger partial charge in [-0.25, -0.2) is 9.97 Å². The lowest BCUT2D eigenvalue weighted by Crippen LogP contribution is -2.35. The van der Waals surface area contributed by atoms with Crippen LogP contribution < -0.4 is 10.2 Å². The third-order valence-corrected chi connectivity index (χ3v) is 5.91. The van der Waals surface area contributed by atoms with Crippen LogP contribution in [0, 0.1) is 13.8 Å². The lowest BCUT2D eigenvalue weighted by atomic mass is 10.2. The number of carbonyl (C=O) groups is 2. The molecule has 1 atom stereocenters. The fraction of sp³-hybridized carbons (Fsp3) is 0.500. The predicted octanol–water partition coefficient (Wildman–Crippen LogP) is 3.00. The van der Waals surface area contributed by atoms with Gasteiger partial charge in [0, 0.05) is 18.9 Å². The van der Waals surface area contributed by atoms with E-state index in [1.165, 1.54) is 29.6 Å². The summed E-state index contributed by atoms with van der Waals surface area (Å²) in [7, 11) is 0. The Labute approximate surface area is 154 Å². The third-order valence-electron chi connectivity index (χ3n) is 3.85. The van der Waals surface area contributed by atoms with Crippen molar-refractivity contribution in [1.29, 1.82) is 0 Å². The molecule has 25 heavy (non-hydrogen) atoms. The standard InChI is InChI=1S/C16H20N4O3S2/c1-9-8-24-15(17-9)19-14(22)13-10(2)18-16(25-13)20(11(3)21)7-12-5-4-6-23-12/h8,12H,4-7H2,1-3H3,(H,17,19,22)/t12-/m0/s1. The van der Waals surface area contributed by atoms with Crippen molar-refractivity contribution >= 4 is 44.8 Å². The maximum Gasteiger partial charge on any atom is 0.269 e. The second-order valence-corrected chi connectivity index (χ2v) is 7.76. The number of thiazole rings is 2. The number of aromatic nitrogens is 2. The summed E-state index contributed by atoms with van der Waals surface area (Å²) in [6.45, 7) is 6.34. The summed E-state index contributed by atoms with van der Waals surface area (Å²) in [5.41, 5.74) is 1.46. The van der Waals surface area contributed by atoms with Crippen molar-refractivity contribution in [2.75, 3.05) is 23.4 Å². The van der Waals surface area contributed by atoms with Crippen molar-refractivity contribution in [3.63, 3.8) is 0 Å². The van der Waals surface area contributed by atoms with E-state index in [-0.39, 0.29) is 17.9 Å². The smallest absolute Gasteiger partial charge is 0.269 e. The molecule has 0 radical (unpaired) electrons. The fourth-order valence-corrected chi connectivity index (χ4v) is 4.31. The van der Waals surface area contributed by atoms with Gasteiger partial charge in [0.05, 0.1) is 24.0 Å². The minimum Gasteiger partial charge on any atom is -0.376 e. The van der Waals surface area contributed by atoms with Gasteiger partial charge in [-0.2, -0.15) is 0 Å². The lowest BCUT2D eigenvalue weighted by Gasteiger charge is -2.21. The van der Waals surface area contributed by atoms with E-state index in [2.05, 4.69) is 15.3 Å². The molecule has 3 rings (SSSR count). The molecule has 3 heterocycles. The Kier molecular flexibility index (Phi) is 5.45. The van der Waals surface area contributed by atoms with Gasteiger partial charge in [-0.05, 0) is 26.7 Å². The van der Waals surface area contributed by atoms with Crippen LogP contribution in [0.25, 0.3) is 0 Å². The quantitative estimate of drug-likeness (QED) is 0.862. The summed E-state index contributed by atoms with van der Waals surface area (Å²) in [5.74, 6) is -0.358. The molecule has 0 aromatic carbocycles. The number of nitrogens with one attached hydrogen (secondary N) is 1. The van der Waals surface area contributed by atoms with Gasteiger partial charge in [-0.3, -0.25) is 19.8 Å². The van der Waals surface area contributed by atoms with Crippen LogP contribution in [-0.2, 0) is 9.53 Å². The van der Waals surface area contributed by atoms with E-state index in [0.717, 1.165) is 25.1 Å². The van der Waals surface area contributed by atoms with Gasteiger partial charge >= 0.3 is 0 Å². The SMILES string of the molecule is CC(=O)N(C[C@@H]1CCCO1)c1nc(C)c(C(=O)Nc2nc(C)cs2)s1. The fourth-order valence-electron chi connectivity index (χ4n) is 2.61. The average molecular weight is 380 g/mol. The van der Waals surface area contributed by atoms with E-state index in [9.17, 15) is 9.59 Å². The molecule has 1 aliphatic heterocycles. The van der Waals surface area contributed by atoms with Crippen molar-refractivity contribution in [2.45, 2.75) is 39.7 Å². The first-order chi connectivity index (χ1) is 11.9. The molecule has 9 heteroatoms. The molecular formula is C16H20N4O3S2. The van der Waals surface area contributed by atoms with E-state index in [0.29, 0.717) is 27.4 Å². The summed E-state index contributed by atoms with van der Waals surface area (Å²) in [6, 6.07) is 0. The van der Waals surface area contributed by atoms with E-state index < -0.39 is 0 Å². The largest absolute Gasteiger partial charge is 0.376 e. The molecule has 0 saturated carbocycles. The highest BCUT2D eigenvalue weighted by Gasteiger charge is 2.26. The number of carbonyl (C=O) groups excluding carboxylic acids is 2. The van der Waals surface area contributed by atoms with Crippen molar-refractivity contribution < 1.29 is 14.3 Å². The summed E-state index contributed by atoms with van der Waals surface area (Å²) in [5, 5.41) is 5.74. The molecule has 1 fully saturated rings. The molecule has 1 N–H and O–H groups in total. The summed E-state index contributed by atoms with van der Waals surface area (Å²) >= 11 is 2.59. The van der Waals surface area contributed by atoms with Crippen LogP contribution in [0.15, 0.2) is 5.38 Å². The Bertz CT molecular complexity index is 780. The molecule has 0 bridgehead atoms. The number of hydrogen-bond donors (Lipinski definition) is 1. The van der Waals surface area contributed by atoms with Crippen LogP contribution in [0.1, 0.15) is 40.8 Å². The zero-order valence-electron chi connectivity index (χ0n) is 14.4. The van der Waals surface area contributed by atoms with Crippen molar-refractivity contribution in [1.82, 2.24) is 9.97 Å². The molecule has 2 aromatic rings. The van der Waals surface area contributed by atoms with Gasteiger partial charge < -0.3 is 4.74 Å². The van der Waals surface area contributed by atoms with Gasteiger partial charge in [-0.15, -0.1) is 11.3 Å². The van der Waals surface area contributed by atoms with Crippen molar-refractivity contribution in [2.24, 2.45) is 0 Å². The Balaban J connectivity index is 1.77. The van der Waals surface area contributed by atoms with Crippen molar-refractivity contribution in [3.05, 3.63) is 21.6 Å². The van der Waals surface area contributed by atoms with Crippen LogP contribution in [-0.4, -0.2) is 41.0 Å². The molecule has 7 nitrogen and oxygen atoms in total. The van der Waals surface area contributed by atoms with E-state index >= 15 is 0 Å². The molecule has 2 aromatic heterocycles. The van der Waals surface area contributed by atoms with E-state index in [1.54, 1.807) is 11.8 Å². The number of rotatable bonds is 5. The summed E-state index contributed by atoms with van der Waals surface area (Å²) in [4.78, 5) is 35.3. The Hall–Kier alpha value is -1.84. The van der Waals surface area contributed by atoms with Crippen LogP contribution in [0.5, 0.6) is 0 Å². The molecular weight excluding hydrogens is 360 g/mol. The molecule has 1 saturated heterocycles. The highest BCUT2D eigenvalue weighted by molar-refractivity contribution is 7.18. The Morgan fingerprint density at radius 2 is 2.20 bits per heavy atom. The Morgan fingerprint density at radius 1 is 1.40 bits per heavy atom. The first-order valence-electron chi connectivity index (χ1n) is 8.04. The topological polar surface area (TPSA) is 84.4 Å². The molecule has 0 aliphatic carbocycles. The zero-order chi connectivity index (χ0) is 18.0. The summed E-state index contributed by atoms with van der Waals surface area (Å²) < 4.78 is 5.62. The molecule has 134 valence electrons. The van der Waals surface area contributed by atoms with Crippen molar-refractivity contribution in [3.8, 4) is 0 Å². The van der Waals surface area contributed by atoms with Crippen LogP contribution in [0.2, 0.25) is 0 Å². The maximum absolute atomic E-state index is 12.5. The number of amides is 2. The second kappa shape index (κ2) is 7.59. The molecule has 1 aliphatic rings. The van der Waals surface area contributed by atoms with Gasteiger partial charge in [0.25, 0.3) is 5.91 Å². The minimum absolute atomic E-state index is 0.0312. The van der Waals surface area contributed by atoms with E-state index in [1.807, 2.05) is 12.3 Å². The number of ether oxygens (including phenoxy) is 1. The number of aryl methyl sites for hydroxylation is 2. The maximum atomic E-state index is 12.5.